The average molecular weight is 363 g/mol. The Labute approximate surface area is 160 Å². The third kappa shape index (κ3) is 3.16. The number of phenolic OH excluding ortho intramolecular Hbond substituents is 1. The summed E-state index contributed by atoms with van der Waals surface area (Å²) in [4.78, 5) is 0. The number of aromatic hydroxyl groups is 1. The van der Waals surface area contributed by atoms with E-state index in [1.54, 1.807) is 13.2 Å². The minimum absolute atomic E-state index is 0.0230. The first-order chi connectivity index (χ1) is 13.1. The number of hydrogen-bond donors (Lipinski definition) is 2. The second kappa shape index (κ2) is 7.03. The van der Waals surface area contributed by atoms with Crippen molar-refractivity contribution in [1.82, 2.24) is 0 Å². The van der Waals surface area contributed by atoms with Crippen molar-refractivity contribution < 1.29 is 14.6 Å². The van der Waals surface area contributed by atoms with Crippen molar-refractivity contribution in [1.29, 1.82) is 0 Å². The van der Waals surface area contributed by atoms with Gasteiger partial charge in [0.05, 0.1) is 13.2 Å². The van der Waals surface area contributed by atoms with E-state index in [-0.39, 0.29) is 11.8 Å². The molecule has 1 aliphatic carbocycles. The van der Waals surface area contributed by atoms with Gasteiger partial charge in [0.1, 0.15) is 12.4 Å². The van der Waals surface area contributed by atoms with Crippen LogP contribution in [0.4, 0.5) is 5.69 Å². The van der Waals surface area contributed by atoms with Crippen LogP contribution in [0.15, 0.2) is 60.7 Å². The van der Waals surface area contributed by atoms with Gasteiger partial charge in [0.2, 0.25) is 0 Å². The summed E-state index contributed by atoms with van der Waals surface area (Å²) < 4.78 is 11.1. The Kier molecular flexibility index (Phi) is 4.56. The van der Waals surface area contributed by atoms with Gasteiger partial charge in [-0.3, -0.25) is 0 Å². The van der Waals surface area contributed by atoms with Gasteiger partial charge >= 0.3 is 0 Å². The Hall–Kier alpha value is -2.88. The lowest BCUT2D eigenvalue weighted by atomic mass is 9.76. The lowest BCUT2D eigenvalue weighted by molar-refractivity contribution is 0.349. The summed E-state index contributed by atoms with van der Waals surface area (Å²) in [5.74, 6) is 2.22. The molecule has 4 rings (SSSR count). The zero-order valence-electron chi connectivity index (χ0n) is 15.7. The van der Waals surface area contributed by atoms with E-state index in [0.29, 0.717) is 24.2 Å². The molecule has 3 atom stereocenters. The van der Waals surface area contributed by atoms with Crippen molar-refractivity contribution in [3.05, 3.63) is 71.8 Å². The number of allylic oxidation sites excluding steroid dienone is 2. The van der Waals surface area contributed by atoms with Gasteiger partial charge < -0.3 is 19.9 Å². The Balaban J connectivity index is 1.70. The molecule has 0 radical (unpaired) electrons. The van der Waals surface area contributed by atoms with Gasteiger partial charge in [0.25, 0.3) is 0 Å². The average Bonchev–Trinajstić information content (AvgIpc) is 3.16. The molecule has 2 aliphatic rings. The summed E-state index contributed by atoms with van der Waals surface area (Å²) in [7, 11) is 1.58. The molecule has 4 nitrogen and oxygen atoms in total. The third-order valence-corrected chi connectivity index (χ3v) is 5.40. The molecule has 3 unspecified atom stereocenters. The van der Waals surface area contributed by atoms with Crippen molar-refractivity contribution in [3.63, 3.8) is 0 Å². The fraction of sp³-hybridized carbons (Fsp3) is 0.304. The first-order valence-corrected chi connectivity index (χ1v) is 9.28. The van der Waals surface area contributed by atoms with E-state index < -0.39 is 0 Å². The van der Waals surface area contributed by atoms with Crippen LogP contribution >= 0.6 is 0 Å². The number of fused-ring (bicyclic) bond motifs is 3. The maximum absolute atomic E-state index is 10.7. The monoisotopic (exact) mass is 363 g/mol. The van der Waals surface area contributed by atoms with Crippen LogP contribution in [0.25, 0.3) is 0 Å². The number of nitrogens with one attached hydrogen (secondary N) is 1. The molecule has 2 aromatic rings. The summed E-state index contributed by atoms with van der Waals surface area (Å²) >= 11 is 0. The van der Waals surface area contributed by atoms with Crippen molar-refractivity contribution in [2.75, 3.05) is 19.0 Å². The van der Waals surface area contributed by atoms with Crippen LogP contribution in [0.3, 0.4) is 0 Å². The lowest BCUT2D eigenvalue weighted by Crippen LogP contribution is -2.29. The fourth-order valence-corrected chi connectivity index (χ4v) is 4.13. The van der Waals surface area contributed by atoms with Crippen LogP contribution in [0.1, 0.15) is 36.4 Å². The zero-order chi connectivity index (χ0) is 19.0. The predicted octanol–water partition coefficient (Wildman–Crippen LogP) is 5.18. The van der Waals surface area contributed by atoms with E-state index in [1.165, 1.54) is 5.56 Å². The molecule has 1 heterocycles. The van der Waals surface area contributed by atoms with Crippen molar-refractivity contribution in [2.45, 2.75) is 25.3 Å². The van der Waals surface area contributed by atoms with E-state index in [9.17, 15) is 5.11 Å². The summed E-state index contributed by atoms with van der Waals surface area (Å²) in [6.45, 7) is 6.38. The van der Waals surface area contributed by atoms with E-state index in [1.807, 2.05) is 25.1 Å². The number of anilines is 1. The van der Waals surface area contributed by atoms with Gasteiger partial charge in [-0.05, 0) is 54.7 Å². The molecular formula is C23H25NO3. The molecule has 0 saturated carbocycles. The minimum atomic E-state index is 0.0230. The largest absolute Gasteiger partial charge is 0.504 e. The first-order valence-electron chi connectivity index (χ1n) is 9.28. The molecule has 27 heavy (non-hydrogen) atoms. The summed E-state index contributed by atoms with van der Waals surface area (Å²) in [6.07, 6.45) is 5.48. The highest BCUT2D eigenvalue weighted by Gasteiger charge is 2.39. The standard InChI is InChI=1S/C23H25NO3/c1-14(2)13-27-15-10-11-20-19(12-15)16-6-4-7-17(16)22(24-20)18-8-5-9-21(26-3)23(18)25/h4-6,8-12,16-17,22,24-25H,1,7,13H2,2-3H3. The Morgan fingerprint density at radius 1 is 1.26 bits per heavy atom. The van der Waals surface area contributed by atoms with Gasteiger partial charge in [-0.15, -0.1) is 0 Å². The Morgan fingerprint density at radius 3 is 2.89 bits per heavy atom. The number of benzene rings is 2. The van der Waals surface area contributed by atoms with Crippen LogP contribution in [0, 0.1) is 5.92 Å². The number of phenols is 1. The van der Waals surface area contributed by atoms with Gasteiger partial charge in [-0.1, -0.05) is 30.9 Å². The minimum Gasteiger partial charge on any atom is -0.504 e. The number of rotatable bonds is 5. The highest BCUT2D eigenvalue weighted by atomic mass is 16.5. The second-order valence-electron chi connectivity index (χ2n) is 7.37. The molecule has 4 heteroatoms. The van der Waals surface area contributed by atoms with Crippen LogP contribution < -0.4 is 14.8 Å². The SMILES string of the molecule is C=C(C)COc1ccc2c(c1)C1C=CCC1C(c1cccc(OC)c1O)N2. The smallest absolute Gasteiger partial charge is 0.163 e. The number of hydrogen-bond acceptors (Lipinski definition) is 4. The summed E-state index contributed by atoms with van der Waals surface area (Å²) in [5, 5.41) is 14.3. The normalized spacial score (nSPS) is 22.5. The van der Waals surface area contributed by atoms with Gasteiger partial charge in [-0.2, -0.15) is 0 Å². The number of para-hydroxylation sites is 1. The molecular weight excluding hydrogens is 338 g/mol. The maximum atomic E-state index is 10.7. The lowest BCUT2D eigenvalue weighted by Gasteiger charge is -2.38. The Bertz CT molecular complexity index is 902. The predicted molar refractivity (Wildman–Crippen MR) is 108 cm³/mol. The van der Waals surface area contributed by atoms with E-state index in [0.717, 1.165) is 29.0 Å². The van der Waals surface area contributed by atoms with Gasteiger partial charge in [0, 0.05) is 17.2 Å². The molecule has 2 N–H and O–H groups in total. The van der Waals surface area contributed by atoms with Crippen LogP contribution in [0.2, 0.25) is 0 Å². The number of ether oxygens (including phenoxy) is 2. The van der Waals surface area contributed by atoms with Crippen LogP contribution in [-0.4, -0.2) is 18.8 Å². The summed E-state index contributed by atoms with van der Waals surface area (Å²) in [5.41, 5.74) is 4.20. The first kappa shape index (κ1) is 17.5. The zero-order valence-corrected chi connectivity index (χ0v) is 15.7. The highest BCUT2D eigenvalue weighted by Crippen LogP contribution is 2.52. The molecule has 0 saturated heterocycles. The molecule has 140 valence electrons. The molecule has 1 aliphatic heterocycles. The van der Waals surface area contributed by atoms with Crippen molar-refractivity contribution in [3.8, 4) is 17.2 Å². The van der Waals surface area contributed by atoms with E-state index in [4.69, 9.17) is 9.47 Å². The molecule has 0 spiro atoms. The fourth-order valence-electron chi connectivity index (χ4n) is 4.13. The van der Waals surface area contributed by atoms with Crippen molar-refractivity contribution in [2.24, 2.45) is 5.92 Å². The maximum Gasteiger partial charge on any atom is 0.163 e. The van der Waals surface area contributed by atoms with Crippen LogP contribution in [-0.2, 0) is 0 Å². The molecule has 0 fully saturated rings. The van der Waals surface area contributed by atoms with Crippen molar-refractivity contribution >= 4 is 5.69 Å². The number of methoxy groups -OCH3 is 1. The summed E-state index contributed by atoms with van der Waals surface area (Å²) in [6, 6.07) is 11.9. The highest BCUT2D eigenvalue weighted by molar-refractivity contribution is 5.63. The third-order valence-electron chi connectivity index (χ3n) is 5.40. The van der Waals surface area contributed by atoms with Gasteiger partial charge in [0.15, 0.2) is 11.5 Å². The van der Waals surface area contributed by atoms with E-state index in [2.05, 4.69) is 36.2 Å². The molecule has 0 bridgehead atoms. The second-order valence-corrected chi connectivity index (χ2v) is 7.37. The van der Waals surface area contributed by atoms with Crippen LogP contribution in [0.5, 0.6) is 17.2 Å². The Morgan fingerprint density at radius 2 is 2.11 bits per heavy atom. The topological polar surface area (TPSA) is 50.7 Å². The van der Waals surface area contributed by atoms with Gasteiger partial charge in [-0.25, -0.2) is 0 Å². The molecule has 0 aromatic heterocycles. The van der Waals surface area contributed by atoms with E-state index >= 15 is 0 Å². The quantitative estimate of drug-likeness (QED) is 0.719. The molecule has 0 amide bonds. The molecule has 2 aromatic carbocycles.